The van der Waals surface area contributed by atoms with Crippen LogP contribution in [0.25, 0.3) is 0 Å². The van der Waals surface area contributed by atoms with Gasteiger partial charge in [-0.15, -0.1) is 0 Å². The van der Waals surface area contributed by atoms with E-state index in [4.69, 9.17) is 0 Å². The van der Waals surface area contributed by atoms with Crippen LogP contribution in [0, 0.1) is 5.41 Å². The summed E-state index contributed by atoms with van der Waals surface area (Å²) < 4.78 is 63.4. The van der Waals surface area contributed by atoms with Crippen molar-refractivity contribution in [2.75, 3.05) is 5.75 Å². The maximum absolute atomic E-state index is 12.7. The Morgan fingerprint density at radius 1 is 1.18 bits per heavy atom. The number of sulfonamides is 1. The minimum absolute atomic E-state index is 0.131. The number of carbonyl (C=O) groups is 1. The average molecular weight is 335 g/mol. The Morgan fingerprint density at radius 3 is 2.27 bits per heavy atom. The van der Waals surface area contributed by atoms with Crippen LogP contribution in [0.5, 0.6) is 0 Å². The van der Waals surface area contributed by atoms with Crippen LogP contribution in [-0.4, -0.2) is 26.3 Å². The Bertz CT molecular complexity index is 637. The molecule has 0 atom stereocenters. The normalized spacial score (nSPS) is 17.0. The van der Waals surface area contributed by atoms with Crippen LogP contribution < -0.4 is 4.72 Å². The monoisotopic (exact) mass is 335 g/mol. The minimum Gasteiger partial charge on any atom is -0.274 e. The fraction of sp³-hybridized carbons (Fsp3) is 0.500. The van der Waals surface area contributed by atoms with Gasteiger partial charge in [0.25, 0.3) is 0 Å². The van der Waals surface area contributed by atoms with Gasteiger partial charge >= 0.3 is 6.18 Å². The lowest BCUT2D eigenvalue weighted by Gasteiger charge is -2.18. The molecule has 0 spiro atoms. The fourth-order valence-corrected chi connectivity index (χ4v) is 3.20. The number of halogens is 3. The van der Waals surface area contributed by atoms with E-state index < -0.39 is 33.9 Å². The summed E-state index contributed by atoms with van der Waals surface area (Å²) in [6, 6.07) is 8.76. The molecule has 1 fully saturated rings. The predicted octanol–water partition coefficient (Wildman–Crippen LogP) is 2.41. The Morgan fingerprint density at radius 2 is 1.77 bits per heavy atom. The first-order chi connectivity index (χ1) is 10.1. The molecule has 0 aromatic heterocycles. The Kier molecular flexibility index (Phi) is 4.51. The topological polar surface area (TPSA) is 63.2 Å². The van der Waals surface area contributed by atoms with Gasteiger partial charge in [-0.1, -0.05) is 30.3 Å². The van der Waals surface area contributed by atoms with E-state index in [1.54, 1.807) is 35.1 Å². The predicted molar refractivity (Wildman–Crippen MR) is 74.4 cm³/mol. The van der Waals surface area contributed by atoms with E-state index in [0.29, 0.717) is 0 Å². The van der Waals surface area contributed by atoms with Crippen LogP contribution in [0.2, 0.25) is 0 Å². The van der Waals surface area contributed by atoms with Crippen LogP contribution >= 0.6 is 0 Å². The smallest absolute Gasteiger partial charge is 0.274 e. The number of hydrogen-bond donors (Lipinski definition) is 1. The molecule has 1 aliphatic carbocycles. The quantitative estimate of drug-likeness (QED) is 0.868. The Hall–Kier alpha value is -1.57. The van der Waals surface area contributed by atoms with Gasteiger partial charge in [0, 0.05) is 6.42 Å². The van der Waals surface area contributed by atoms with Crippen LogP contribution in [0.4, 0.5) is 13.2 Å². The summed E-state index contributed by atoms with van der Waals surface area (Å²) in [5.74, 6) is -1.44. The van der Waals surface area contributed by atoms with E-state index >= 15 is 0 Å². The number of nitrogens with one attached hydrogen (secondary N) is 1. The van der Waals surface area contributed by atoms with Crippen molar-refractivity contribution in [2.45, 2.75) is 31.9 Å². The molecular weight excluding hydrogens is 319 g/mol. The molecule has 1 N–H and O–H groups in total. The highest BCUT2D eigenvalue weighted by Crippen LogP contribution is 2.59. The van der Waals surface area contributed by atoms with Gasteiger partial charge in [-0.25, -0.2) is 8.42 Å². The van der Waals surface area contributed by atoms with Crippen molar-refractivity contribution in [2.24, 2.45) is 5.41 Å². The summed E-state index contributed by atoms with van der Waals surface area (Å²) in [7, 11) is -3.94. The zero-order valence-corrected chi connectivity index (χ0v) is 12.5. The number of rotatable bonds is 6. The number of carbonyl (C=O) groups excluding carboxylic acids is 1. The lowest BCUT2D eigenvalue weighted by Crippen LogP contribution is -2.37. The van der Waals surface area contributed by atoms with Gasteiger partial charge < -0.3 is 0 Å². The van der Waals surface area contributed by atoms with Gasteiger partial charge in [-0.05, 0) is 24.8 Å². The van der Waals surface area contributed by atoms with Gasteiger partial charge in [0.1, 0.15) is 0 Å². The number of alkyl halides is 3. The van der Waals surface area contributed by atoms with Gasteiger partial charge in [0.15, 0.2) is 0 Å². The molecule has 1 aromatic carbocycles. The lowest BCUT2D eigenvalue weighted by atomic mass is 10.0. The van der Waals surface area contributed by atoms with Crippen molar-refractivity contribution in [1.82, 2.24) is 4.72 Å². The molecule has 0 heterocycles. The number of hydrogen-bond acceptors (Lipinski definition) is 3. The molecule has 0 unspecified atom stereocenters. The van der Waals surface area contributed by atoms with E-state index in [0.717, 1.165) is 5.56 Å². The minimum atomic E-state index is -4.47. The Labute approximate surface area is 126 Å². The molecule has 0 bridgehead atoms. The van der Waals surface area contributed by atoms with Crippen molar-refractivity contribution in [1.29, 1.82) is 0 Å². The number of aryl methyl sites for hydroxylation is 1. The number of amides is 1. The second-order valence-electron chi connectivity index (χ2n) is 5.53. The molecule has 0 saturated heterocycles. The van der Waals surface area contributed by atoms with Crippen molar-refractivity contribution in [3.05, 3.63) is 35.9 Å². The second-order valence-corrected chi connectivity index (χ2v) is 7.38. The summed E-state index contributed by atoms with van der Waals surface area (Å²) in [5.41, 5.74) is -1.26. The van der Waals surface area contributed by atoms with Gasteiger partial charge in [0.2, 0.25) is 15.9 Å². The van der Waals surface area contributed by atoms with Crippen LogP contribution in [-0.2, 0) is 21.2 Å². The molecule has 122 valence electrons. The highest BCUT2D eigenvalue weighted by Gasteiger charge is 2.63. The lowest BCUT2D eigenvalue weighted by molar-refractivity contribution is -0.190. The second kappa shape index (κ2) is 5.91. The first-order valence-electron chi connectivity index (χ1n) is 6.78. The van der Waals surface area contributed by atoms with Crippen molar-refractivity contribution < 1.29 is 26.4 Å². The number of benzene rings is 1. The van der Waals surface area contributed by atoms with E-state index in [-0.39, 0.29) is 25.0 Å². The zero-order valence-electron chi connectivity index (χ0n) is 11.7. The van der Waals surface area contributed by atoms with E-state index in [2.05, 4.69) is 0 Å². The van der Waals surface area contributed by atoms with Crippen molar-refractivity contribution >= 4 is 15.9 Å². The van der Waals surface area contributed by atoms with E-state index in [1.165, 1.54) is 0 Å². The third kappa shape index (κ3) is 4.22. The van der Waals surface area contributed by atoms with Crippen LogP contribution in [0.15, 0.2) is 30.3 Å². The van der Waals surface area contributed by atoms with Crippen molar-refractivity contribution in [3.63, 3.8) is 0 Å². The largest absolute Gasteiger partial charge is 0.395 e. The third-order valence-electron chi connectivity index (χ3n) is 3.73. The molecular formula is C14H16F3NO3S. The molecule has 1 saturated carbocycles. The summed E-state index contributed by atoms with van der Waals surface area (Å²) in [4.78, 5) is 11.6. The fourth-order valence-electron chi connectivity index (χ4n) is 2.18. The molecule has 0 aliphatic heterocycles. The maximum Gasteiger partial charge on any atom is 0.395 e. The summed E-state index contributed by atoms with van der Waals surface area (Å²) in [6.45, 7) is 0. The summed E-state index contributed by atoms with van der Waals surface area (Å²) >= 11 is 0. The van der Waals surface area contributed by atoms with Crippen LogP contribution in [0.3, 0.4) is 0 Å². The molecule has 8 heteroatoms. The van der Waals surface area contributed by atoms with Crippen LogP contribution in [0.1, 0.15) is 24.8 Å². The van der Waals surface area contributed by atoms with Gasteiger partial charge in [0.05, 0.1) is 11.2 Å². The highest BCUT2D eigenvalue weighted by molar-refractivity contribution is 7.90. The zero-order chi connectivity index (χ0) is 16.4. The first kappa shape index (κ1) is 16.8. The van der Waals surface area contributed by atoms with Crippen molar-refractivity contribution in [3.8, 4) is 0 Å². The highest BCUT2D eigenvalue weighted by atomic mass is 32.2. The summed E-state index contributed by atoms with van der Waals surface area (Å²) in [6.07, 6.45) is -5.38. The molecule has 1 amide bonds. The average Bonchev–Trinajstić information content (AvgIpc) is 3.17. The first-order valence-corrected chi connectivity index (χ1v) is 8.43. The molecule has 1 aromatic rings. The molecule has 22 heavy (non-hydrogen) atoms. The molecule has 4 nitrogen and oxygen atoms in total. The Balaban J connectivity index is 1.88. The van der Waals surface area contributed by atoms with Gasteiger partial charge in [-0.2, -0.15) is 13.2 Å². The SMILES string of the molecule is O=C(CC1(C(F)(F)F)CC1)NS(=O)(=O)CCc1ccccc1. The van der Waals surface area contributed by atoms with E-state index in [1.807, 2.05) is 0 Å². The molecule has 2 rings (SSSR count). The van der Waals surface area contributed by atoms with E-state index in [9.17, 15) is 26.4 Å². The van der Waals surface area contributed by atoms with Gasteiger partial charge in [-0.3, -0.25) is 9.52 Å². The standard InChI is InChI=1S/C14H16F3NO3S/c15-14(16,17)13(7-8-13)10-12(19)18-22(20,21)9-6-11-4-2-1-3-5-11/h1-5H,6-10H2,(H,18,19). The summed E-state index contributed by atoms with van der Waals surface area (Å²) in [5, 5.41) is 0. The molecule has 1 aliphatic rings. The molecule has 0 radical (unpaired) electrons. The maximum atomic E-state index is 12.7. The third-order valence-corrected chi connectivity index (χ3v) is 5.01.